The molecule has 4 heterocycles. The Morgan fingerprint density at radius 3 is 2.49 bits per heavy atom. The summed E-state index contributed by atoms with van der Waals surface area (Å²) >= 11 is 0. The standard InChI is InChI=1S/C26H21F2N7O.ClH/c1-34-21-11-18(3-2-17(21)10-22(34)25(36)35-14-26(27,28)15-35)24-29-9-8-23(33-24)32-20-6-4-16(5-7-20)19-12-30-31-13-19;/h2-13H,14-15H2,1H3,(H,30,31)(H,29,32,33);1H. The van der Waals surface area contributed by atoms with Crippen molar-refractivity contribution in [2.24, 2.45) is 7.05 Å². The van der Waals surface area contributed by atoms with Gasteiger partial charge >= 0.3 is 0 Å². The molecule has 0 aliphatic carbocycles. The monoisotopic (exact) mass is 521 g/mol. The van der Waals surface area contributed by atoms with Gasteiger partial charge in [0.25, 0.3) is 11.8 Å². The number of fused-ring (bicyclic) bond motifs is 1. The predicted molar refractivity (Wildman–Crippen MR) is 139 cm³/mol. The summed E-state index contributed by atoms with van der Waals surface area (Å²) in [4.78, 5) is 22.9. The van der Waals surface area contributed by atoms with E-state index in [1.165, 1.54) is 0 Å². The number of likely N-dealkylation sites (tertiary alicyclic amines) is 1. The lowest BCUT2D eigenvalue weighted by molar-refractivity contribution is -0.113. The normalized spacial score (nSPS) is 14.2. The van der Waals surface area contributed by atoms with E-state index in [9.17, 15) is 13.6 Å². The van der Waals surface area contributed by atoms with Crippen LogP contribution in [-0.4, -0.2) is 54.6 Å². The number of aromatic amines is 1. The lowest BCUT2D eigenvalue weighted by atomic mass is 10.1. The van der Waals surface area contributed by atoms with Gasteiger partial charge in [0.05, 0.1) is 19.3 Å². The zero-order chi connectivity index (χ0) is 24.9. The molecule has 11 heteroatoms. The average molecular weight is 522 g/mol. The number of aryl methyl sites for hydroxylation is 1. The van der Waals surface area contributed by atoms with Crippen molar-refractivity contribution in [1.29, 1.82) is 0 Å². The third-order valence-electron chi connectivity index (χ3n) is 6.30. The van der Waals surface area contributed by atoms with E-state index in [-0.39, 0.29) is 12.4 Å². The molecule has 0 unspecified atom stereocenters. The van der Waals surface area contributed by atoms with E-state index in [0.29, 0.717) is 17.3 Å². The fraction of sp³-hybridized carbons (Fsp3) is 0.154. The van der Waals surface area contributed by atoms with Gasteiger partial charge in [-0.05, 0) is 35.9 Å². The Morgan fingerprint density at radius 1 is 1.03 bits per heavy atom. The molecule has 37 heavy (non-hydrogen) atoms. The Balaban J connectivity index is 0.00000280. The van der Waals surface area contributed by atoms with Gasteiger partial charge in [0.15, 0.2) is 5.82 Å². The molecule has 5 aromatic rings. The number of halogens is 3. The summed E-state index contributed by atoms with van der Waals surface area (Å²) < 4.78 is 28.2. The Bertz CT molecular complexity index is 1570. The quantitative estimate of drug-likeness (QED) is 0.328. The number of amides is 1. The molecule has 0 atom stereocenters. The van der Waals surface area contributed by atoms with E-state index >= 15 is 0 Å². The minimum atomic E-state index is -2.80. The number of hydrogen-bond donors (Lipinski definition) is 2. The maximum atomic E-state index is 13.2. The Morgan fingerprint density at radius 2 is 1.78 bits per heavy atom. The van der Waals surface area contributed by atoms with Crippen molar-refractivity contribution in [2.75, 3.05) is 18.4 Å². The van der Waals surface area contributed by atoms with Crippen molar-refractivity contribution < 1.29 is 13.6 Å². The van der Waals surface area contributed by atoms with Crippen LogP contribution in [0.15, 0.2) is 73.2 Å². The lowest BCUT2D eigenvalue weighted by Crippen LogP contribution is -2.58. The van der Waals surface area contributed by atoms with Crippen LogP contribution in [0.25, 0.3) is 33.4 Å². The number of nitrogens with one attached hydrogen (secondary N) is 2. The van der Waals surface area contributed by atoms with Crippen LogP contribution in [0.4, 0.5) is 20.3 Å². The number of carbonyl (C=O) groups is 1. The Hall–Kier alpha value is -4.31. The summed E-state index contributed by atoms with van der Waals surface area (Å²) in [6.07, 6.45) is 5.29. The number of hydrogen-bond acceptors (Lipinski definition) is 5. The van der Waals surface area contributed by atoms with Gasteiger partial charge in [-0.15, -0.1) is 12.4 Å². The number of aromatic nitrogens is 5. The van der Waals surface area contributed by atoms with Crippen LogP contribution < -0.4 is 5.32 Å². The molecule has 8 nitrogen and oxygen atoms in total. The van der Waals surface area contributed by atoms with Crippen LogP contribution in [0.1, 0.15) is 10.5 Å². The van der Waals surface area contributed by atoms with Crippen molar-refractivity contribution in [3.8, 4) is 22.5 Å². The molecule has 1 saturated heterocycles. The number of anilines is 2. The summed E-state index contributed by atoms with van der Waals surface area (Å²) in [5.41, 5.74) is 4.87. The zero-order valence-corrected chi connectivity index (χ0v) is 20.5. The van der Waals surface area contributed by atoms with E-state index in [4.69, 9.17) is 0 Å². The van der Waals surface area contributed by atoms with Crippen molar-refractivity contribution >= 4 is 40.7 Å². The van der Waals surface area contributed by atoms with Crippen LogP contribution in [0.5, 0.6) is 0 Å². The first-order chi connectivity index (χ1) is 17.4. The number of alkyl halides is 2. The highest BCUT2D eigenvalue weighted by atomic mass is 35.5. The molecule has 0 spiro atoms. The Kier molecular flexibility index (Phi) is 6.12. The maximum absolute atomic E-state index is 13.2. The van der Waals surface area contributed by atoms with E-state index in [2.05, 4.69) is 25.5 Å². The van der Waals surface area contributed by atoms with Gasteiger partial charge in [0.1, 0.15) is 11.5 Å². The molecule has 1 aliphatic heterocycles. The highest BCUT2D eigenvalue weighted by Crippen LogP contribution is 2.31. The average Bonchev–Trinajstić information content (AvgIpc) is 3.51. The summed E-state index contributed by atoms with van der Waals surface area (Å²) in [5, 5.41) is 10.9. The third kappa shape index (κ3) is 4.63. The van der Waals surface area contributed by atoms with Crippen LogP contribution in [0.3, 0.4) is 0 Å². The van der Waals surface area contributed by atoms with Gasteiger partial charge < -0.3 is 14.8 Å². The number of nitrogens with zero attached hydrogens (tertiary/aromatic N) is 5. The molecule has 2 N–H and O–H groups in total. The molecule has 1 aliphatic rings. The summed E-state index contributed by atoms with van der Waals surface area (Å²) in [5.74, 6) is -2.04. The summed E-state index contributed by atoms with van der Waals surface area (Å²) in [7, 11) is 1.75. The fourth-order valence-corrected chi connectivity index (χ4v) is 4.36. The van der Waals surface area contributed by atoms with Crippen molar-refractivity contribution in [3.05, 3.63) is 78.9 Å². The minimum Gasteiger partial charge on any atom is -0.340 e. The molecule has 6 rings (SSSR count). The molecule has 1 amide bonds. The zero-order valence-electron chi connectivity index (χ0n) is 19.7. The van der Waals surface area contributed by atoms with Gasteiger partial charge in [0, 0.05) is 47.2 Å². The summed E-state index contributed by atoms with van der Waals surface area (Å²) in [6, 6.07) is 17.1. The van der Waals surface area contributed by atoms with Crippen LogP contribution >= 0.6 is 12.4 Å². The highest BCUT2D eigenvalue weighted by Gasteiger charge is 2.46. The number of rotatable bonds is 5. The molecule has 0 saturated carbocycles. The van der Waals surface area contributed by atoms with Gasteiger partial charge in [-0.25, -0.2) is 18.7 Å². The van der Waals surface area contributed by atoms with Crippen LogP contribution in [-0.2, 0) is 7.05 Å². The predicted octanol–water partition coefficient (Wildman–Crippen LogP) is 5.28. The van der Waals surface area contributed by atoms with Gasteiger partial charge in [-0.1, -0.05) is 24.3 Å². The Labute approximate surface area is 216 Å². The van der Waals surface area contributed by atoms with Crippen LogP contribution in [0, 0.1) is 0 Å². The molecular weight excluding hydrogens is 500 g/mol. The van der Waals surface area contributed by atoms with Crippen molar-refractivity contribution in [2.45, 2.75) is 5.92 Å². The summed E-state index contributed by atoms with van der Waals surface area (Å²) in [6.45, 7) is -1.09. The second kappa shape index (κ2) is 9.29. The molecule has 0 bridgehead atoms. The number of benzene rings is 2. The smallest absolute Gasteiger partial charge is 0.282 e. The van der Waals surface area contributed by atoms with E-state index < -0.39 is 24.9 Å². The second-order valence-corrected chi connectivity index (χ2v) is 8.83. The van der Waals surface area contributed by atoms with Crippen LogP contribution in [0.2, 0.25) is 0 Å². The molecule has 3 aromatic heterocycles. The fourth-order valence-electron chi connectivity index (χ4n) is 4.36. The van der Waals surface area contributed by atoms with E-state index in [1.807, 2.05) is 48.7 Å². The van der Waals surface area contributed by atoms with Gasteiger partial charge in [0.2, 0.25) is 0 Å². The molecule has 188 valence electrons. The maximum Gasteiger partial charge on any atom is 0.282 e. The van der Waals surface area contributed by atoms with E-state index in [1.54, 1.807) is 36.1 Å². The van der Waals surface area contributed by atoms with Crippen molar-refractivity contribution in [3.63, 3.8) is 0 Å². The first-order valence-electron chi connectivity index (χ1n) is 11.3. The van der Waals surface area contributed by atoms with E-state index in [0.717, 1.165) is 38.2 Å². The first kappa shape index (κ1) is 24.4. The molecule has 1 fully saturated rings. The topological polar surface area (TPSA) is 91.7 Å². The highest BCUT2D eigenvalue weighted by molar-refractivity contribution is 6.00. The second-order valence-electron chi connectivity index (χ2n) is 8.83. The molecule has 0 radical (unpaired) electrons. The van der Waals surface area contributed by atoms with Gasteiger partial charge in [-0.3, -0.25) is 9.89 Å². The SMILES string of the molecule is Cl.Cn1c(C(=O)N2CC(F)(F)C2)cc2ccc(-c3nccc(Nc4ccc(-c5cn[nH]c5)cc4)n3)cc21. The first-order valence-corrected chi connectivity index (χ1v) is 11.3. The lowest BCUT2D eigenvalue weighted by Gasteiger charge is -2.38. The van der Waals surface area contributed by atoms with Crippen molar-refractivity contribution in [1.82, 2.24) is 29.6 Å². The largest absolute Gasteiger partial charge is 0.340 e. The minimum absolute atomic E-state index is 0. The third-order valence-corrected chi connectivity index (χ3v) is 6.30. The number of H-pyrrole nitrogens is 1. The molecule has 2 aromatic carbocycles. The number of carbonyl (C=O) groups excluding carboxylic acids is 1. The van der Waals surface area contributed by atoms with Gasteiger partial charge in [-0.2, -0.15) is 5.10 Å². The molecular formula is C26H22ClF2N7O.